The SMILES string of the molecule is CCC(CC)N(C)C(=O)CCCN1C(=O)c2ccccc2N2C(=O)CCC12C. The highest BCUT2D eigenvalue weighted by Crippen LogP contribution is 2.44. The van der Waals surface area contributed by atoms with Crippen LogP contribution in [0.5, 0.6) is 0 Å². The zero-order valence-corrected chi connectivity index (χ0v) is 17.4. The second kappa shape index (κ2) is 7.94. The molecular formula is C22H31N3O3. The van der Waals surface area contributed by atoms with E-state index in [2.05, 4.69) is 13.8 Å². The molecule has 152 valence electrons. The van der Waals surface area contributed by atoms with Crippen LogP contribution in [-0.2, 0) is 9.59 Å². The van der Waals surface area contributed by atoms with Crippen LogP contribution in [0.15, 0.2) is 24.3 Å². The van der Waals surface area contributed by atoms with Crippen molar-refractivity contribution in [2.75, 3.05) is 18.5 Å². The van der Waals surface area contributed by atoms with E-state index in [0.717, 1.165) is 12.8 Å². The van der Waals surface area contributed by atoms with Gasteiger partial charge in [-0.25, -0.2) is 0 Å². The van der Waals surface area contributed by atoms with Crippen molar-refractivity contribution >= 4 is 23.4 Å². The second-order valence-electron chi connectivity index (χ2n) is 8.00. The molecule has 1 aromatic rings. The Balaban J connectivity index is 1.74. The van der Waals surface area contributed by atoms with Crippen LogP contribution in [0.25, 0.3) is 0 Å². The minimum absolute atomic E-state index is 0.0511. The summed E-state index contributed by atoms with van der Waals surface area (Å²) >= 11 is 0. The maximum absolute atomic E-state index is 13.2. The van der Waals surface area contributed by atoms with E-state index in [9.17, 15) is 14.4 Å². The maximum Gasteiger partial charge on any atom is 0.257 e. The molecule has 0 spiro atoms. The van der Waals surface area contributed by atoms with Gasteiger partial charge in [0, 0.05) is 32.5 Å². The molecule has 3 amide bonds. The Morgan fingerprint density at radius 2 is 1.89 bits per heavy atom. The number of benzene rings is 1. The molecule has 1 atom stereocenters. The predicted octanol–water partition coefficient (Wildman–Crippen LogP) is 3.41. The summed E-state index contributed by atoms with van der Waals surface area (Å²) in [5, 5.41) is 0. The van der Waals surface area contributed by atoms with Gasteiger partial charge in [-0.15, -0.1) is 0 Å². The molecule has 0 radical (unpaired) electrons. The highest BCUT2D eigenvalue weighted by Gasteiger charge is 2.52. The number of para-hydroxylation sites is 1. The molecule has 2 heterocycles. The number of hydrogen-bond acceptors (Lipinski definition) is 3. The Bertz CT molecular complexity index is 774. The van der Waals surface area contributed by atoms with Crippen LogP contribution in [0.2, 0.25) is 0 Å². The number of carbonyl (C=O) groups is 3. The van der Waals surface area contributed by atoms with Gasteiger partial charge in [-0.2, -0.15) is 0 Å². The molecule has 2 aliphatic heterocycles. The quantitative estimate of drug-likeness (QED) is 0.723. The molecule has 3 rings (SSSR count). The first-order valence-electron chi connectivity index (χ1n) is 10.3. The molecule has 28 heavy (non-hydrogen) atoms. The lowest BCUT2D eigenvalue weighted by Gasteiger charge is -2.48. The predicted molar refractivity (Wildman–Crippen MR) is 109 cm³/mol. The van der Waals surface area contributed by atoms with Crippen molar-refractivity contribution in [3.63, 3.8) is 0 Å². The Morgan fingerprint density at radius 1 is 1.21 bits per heavy atom. The monoisotopic (exact) mass is 385 g/mol. The smallest absolute Gasteiger partial charge is 0.257 e. The summed E-state index contributed by atoms with van der Waals surface area (Å²) in [6, 6.07) is 7.57. The molecule has 0 bridgehead atoms. The lowest BCUT2D eigenvalue weighted by molar-refractivity contribution is -0.132. The topological polar surface area (TPSA) is 60.9 Å². The summed E-state index contributed by atoms with van der Waals surface area (Å²) in [6.45, 7) is 6.61. The van der Waals surface area contributed by atoms with Gasteiger partial charge < -0.3 is 9.80 Å². The maximum atomic E-state index is 13.2. The van der Waals surface area contributed by atoms with Gasteiger partial charge >= 0.3 is 0 Å². The number of amides is 3. The number of nitrogens with zero attached hydrogens (tertiary/aromatic N) is 3. The average Bonchev–Trinajstić information content (AvgIpc) is 3.00. The van der Waals surface area contributed by atoms with Gasteiger partial charge in [-0.1, -0.05) is 26.0 Å². The van der Waals surface area contributed by atoms with Crippen molar-refractivity contribution in [3.8, 4) is 0 Å². The minimum atomic E-state index is -0.646. The van der Waals surface area contributed by atoms with Gasteiger partial charge in [0.2, 0.25) is 11.8 Å². The third-order valence-corrected chi connectivity index (χ3v) is 6.40. The van der Waals surface area contributed by atoms with Crippen LogP contribution >= 0.6 is 0 Å². The molecule has 0 saturated carbocycles. The van der Waals surface area contributed by atoms with Crippen molar-refractivity contribution in [3.05, 3.63) is 29.8 Å². The number of carbonyl (C=O) groups excluding carboxylic acids is 3. The largest absolute Gasteiger partial charge is 0.343 e. The molecule has 0 aliphatic carbocycles. The molecule has 6 heteroatoms. The van der Waals surface area contributed by atoms with E-state index in [-0.39, 0.29) is 23.8 Å². The Kier molecular flexibility index (Phi) is 5.77. The number of rotatable bonds is 7. The Hall–Kier alpha value is -2.37. The fraction of sp³-hybridized carbons (Fsp3) is 0.591. The van der Waals surface area contributed by atoms with Crippen LogP contribution in [0.3, 0.4) is 0 Å². The van der Waals surface area contributed by atoms with Crippen LogP contribution in [0.4, 0.5) is 5.69 Å². The molecule has 0 aromatic heterocycles. The summed E-state index contributed by atoms with van der Waals surface area (Å²) in [6.07, 6.45) is 3.93. The molecule has 2 aliphatic rings. The fourth-order valence-corrected chi connectivity index (χ4v) is 4.65. The van der Waals surface area contributed by atoms with E-state index in [4.69, 9.17) is 0 Å². The molecule has 1 saturated heterocycles. The van der Waals surface area contributed by atoms with Crippen molar-refractivity contribution in [1.82, 2.24) is 9.80 Å². The van der Waals surface area contributed by atoms with Crippen LogP contribution in [0.1, 0.15) is 69.7 Å². The zero-order chi connectivity index (χ0) is 20.5. The summed E-state index contributed by atoms with van der Waals surface area (Å²) in [4.78, 5) is 43.7. The summed E-state index contributed by atoms with van der Waals surface area (Å²) in [5.74, 6) is 0.116. The van der Waals surface area contributed by atoms with Crippen LogP contribution < -0.4 is 4.90 Å². The Labute approximate surface area is 167 Å². The van der Waals surface area contributed by atoms with Crippen LogP contribution in [-0.4, -0.2) is 52.8 Å². The summed E-state index contributed by atoms with van der Waals surface area (Å²) in [7, 11) is 1.86. The first kappa shape index (κ1) is 20.4. The van der Waals surface area contributed by atoms with Crippen molar-refractivity contribution < 1.29 is 14.4 Å². The standard InChI is InChI=1S/C22H31N3O3/c1-5-16(6-2)23(4)19(26)12-9-15-24-21(28)17-10-7-8-11-18(17)25-20(27)13-14-22(24,25)3/h7-8,10-11,16H,5-6,9,12-15H2,1-4H3. The third kappa shape index (κ3) is 3.29. The van der Waals surface area contributed by atoms with E-state index in [1.807, 2.05) is 37.1 Å². The van der Waals surface area contributed by atoms with Crippen molar-refractivity contribution in [1.29, 1.82) is 0 Å². The zero-order valence-electron chi connectivity index (χ0n) is 17.4. The first-order valence-corrected chi connectivity index (χ1v) is 10.3. The average molecular weight is 386 g/mol. The van der Waals surface area contributed by atoms with Crippen LogP contribution in [0, 0.1) is 0 Å². The van der Waals surface area contributed by atoms with Gasteiger partial charge in [-0.05, 0) is 44.7 Å². The van der Waals surface area contributed by atoms with E-state index < -0.39 is 5.66 Å². The van der Waals surface area contributed by atoms with Gasteiger partial charge in [0.1, 0.15) is 5.66 Å². The fourth-order valence-electron chi connectivity index (χ4n) is 4.65. The van der Waals surface area contributed by atoms with Crippen molar-refractivity contribution in [2.24, 2.45) is 0 Å². The van der Waals surface area contributed by atoms with Gasteiger partial charge in [0.25, 0.3) is 5.91 Å². The van der Waals surface area contributed by atoms with E-state index in [1.165, 1.54) is 0 Å². The highest BCUT2D eigenvalue weighted by molar-refractivity contribution is 6.10. The van der Waals surface area contributed by atoms with E-state index in [0.29, 0.717) is 43.5 Å². The molecule has 1 aromatic carbocycles. The summed E-state index contributed by atoms with van der Waals surface area (Å²) in [5.41, 5.74) is 0.626. The number of anilines is 1. The number of hydrogen-bond donors (Lipinski definition) is 0. The second-order valence-corrected chi connectivity index (χ2v) is 8.00. The van der Waals surface area contributed by atoms with Gasteiger partial charge in [-0.3, -0.25) is 19.3 Å². The van der Waals surface area contributed by atoms with Crippen molar-refractivity contribution in [2.45, 2.75) is 71.0 Å². The van der Waals surface area contributed by atoms with Gasteiger partial charge in [0.05, 0.1) is 11.3 Å². The Morgan fingerprint density at radius 3 is 2.57 bits per heavy atom. The first-order chi connectivity index (χ1) is 13.3. The van der Waals surface area contributed by atoms with Gasteiger partial charge in [0.15, 0.2) is 0 Å². The minimum Gasteiger partial charge on any atom is -0.343 e. The van der Waals surface area contributed by atoms with E-state index >= 15 is 0 Å². The normalized spacial score (nSPS) is 21.2. The molecule has 0 N–H and O–H groups in total. The molecule has 1 unspecified atom stereocenters. The van der Waals surface area contributed by atoms with E-state index in [1.54, 1.807) is 15.9 Å². The summed E-state index contributed by atoms with van der Waals surface area (Å²) < 4.78 is 0. The molecule has 1 fully saturated rings. The third-order valence-electron chi connectivity index (χ3n) is 6.40. The molecular weight excluding hydrogens is 354 g/mol. The lowest BCUT2D eigenvalue weighted by Crippen LogP contribution is -2.62. The lowest BCUT2D eigenvalue weighted by atomic mass is 9.97. The molecule has 6 nitrogen and oxygen atoms in total. The highest BCUT2D eigenvalue weighted by atomic mass is 16.2. The number of fused-ring (bicyclic) bond motifs is 3.